The molecule has 0 unspecified atom stereocenters. The molecule has 0 aliphatic carbocycles. The summed E-state index contributed by atoms with van der Waals surface area (Å²) in [5.41, 5.74) is 0. The van der Waals surface area contributed by atoms with Gasteiger partial charge in [-0.3, -0.25) is 0 Å². The van der Waals surface area contributed by atoms with Gasteiger partial charge in [0, 0.05) is 0 Å². The van der Waals surface area contributed by atoms with Crippen molar-refractivity contribution in [3.8, 4) is 0 Å². The van der Waals surface area contributed by atoms with Gasteiger partial charge in [-0.25, -0.2) is 9.59 Å². The molecule has 1 rings (SSSR count). The normalized spacial score (nSPS) is 24.4. The zero-order chi connectivity index (χ0) is 20.2. The Hall–Kier alpha value is -2.00. The number of rotatable bonds is 9. The second-order valence-electron chi connectivity index (χ2n) is 5.42. The van der Waals surface area contributed by atoms with Crippen molar-refractivity contribution >= 4 is 11.9 Å². The summed E-state index contributed by atoms with van der Waals surface area (Å²) in [6.07, 6.45) is -14.5. The van der Waals surface area contributed by atoms with Crippen molar-refractivity contribution in [3.05, 3.63) is 11.5 Å². The van der Waals surface area contributed by atoms with Gasteiger partial charge in [0.25, 0.3) is 0 Å². The summed E-state index contributed by atoms with van der Waals surface area (Å²) < 4.78 is 8.83. The molecule has 1 heterocycles. The first kappa shape index (κ1) is 22.0. The zero-order valence-corrected chi connectivity index (χ0v) is 13.1. The SMILES string of the molecule is O=C1O[C@H]([C@@H](O)COC(=O)[C@@H](O)[C@H](O)[C@@H](O)[C@@H](O)[C@H](O)CO)C(O)=C1O. The monoisotopic (exact) mass is 384 g/mol. The average molecular weight is 384 g/mol. The second kappa shape index (κ2) is 9.09. The molecule has 0 amide bonds. The lowest BCUT2D eigenvalue weighted by Gasteiger charge is -2.27. The van der Waals surface area contributed by atoms with E-state index in [0.29, 0.717) is 0 Å². The van der Waals surface area contributed by atoms with Gasteiger partial charge in [-0.2, -0.15) is 0 Å². The van der Waals surface area contributed by atoms with Gasteiger partial charge in [0.05, 0.1) is 6.61 Å². The number of ether oxygens (including phenoxy) is 2. The Morgan fingerprint density at radius 2 is 1.62 bits per heavy atom. The largest absolute Gasteiger partial charge is 0.505 e. The molecule has 0 saturated heterocycles. The third-order valence-electron chi connectivity index (χ3n) is 3.53. The molecule has 0 fully saturated rings. The van der Waals surface area contributed by atoms with Crippen LogP contribution in [0.5, 0.6) is 0 Å². The molecule has 0 radical (unpaired) electrons. The lowest BCUT2D eigenvalue weighted by atomic mass is 9.99. The van der Waals surface area contributed by atoms with Crippen LogP contribution in [-0.2, 0) is 19.1 Å². The number of aliphatic hydroxyl groups is 9. The van der Waals surface area contributed by atoms with Gasteiger partial charge in [0.2, 0.25) is 5.76 Å². The highest BCUT2D eigenvalue weighted by Gasteiger charge is 2.41. The number of hydrogen-bond donors (Lipinski definition) is 9. The van der Waals surface area contributed by atoms with E-state index in [9.17, 15) is 40.2 Å². The standard InChI is InChI=1S/C13H20O13/c14-1-3(15)5(17)6(18)7(19)9(21)12(23)25-2-4(16)11-8(20)10(22)13(24)26-11/h3-7,9,11,14-22H,1-2H2/t3-,4+,5+,6+,7-,9+,11-/m1/s1. The van der Waals surface area contributed by atoms with Crippen LogP contribution >= 0.6 is 0 Å². The highest BCUT2D eigenvalue weighted by atomic mass is 16.6. The van der Waals surface area contributed by atoms with Crippen molar-refractivity contribution < 1.29 is 65.0 Å². The van der Waals surface area contributed by atoms with Crippen LogP contribution in [0.15, 0.2) is 11.5 Å². The van der Waals surface area contributed by atoms with Crippen LogP contribution in [-0.4, -0.2) is 114 Å². The fourth-order valence-corrected chi connectivity index (χ4v) is 1.93. The van der Waals surface area contributed by atoms with E-state index in [0.717, 1.165) is 0 Å². The molecule has 26 heavy (non-hydrogen) atoms. The predicted molar refractivity (Wildman–Crippen MR) is 76.2 cm³/mol. The Bertz CT molecular complexity index is 546. The minimum absolute atomic E-state index is 0.949. The molecule has 0 bridgehead atoms. The van der Waals surface area contributed by atoms with Gasteiger partial charge in [-0.15, -0.1) is 0 Å². The second-order valence-corrected chi connectivity index (χ2v) is 5.42. The van der Waals surface area contributed by atoms with Crippen LogP contribution in [0.25, 0.3) is 0 Å². The number of carbonyl (C=O) groups is 2. The highest BCUT2D eigenvalue weighted by Crippen LogP contribution is 2.21. The van der Waals surface area contributed by atoms with Crippen LogP contribution < -0.4 is 0 Å². The van der Waals surface area contributed by atoms with Crippen molar-refractivity contribution in [3.63, 3.8) is 0 Å². The molecule has 0 saturated carbocycles. The maximum atomic E-state index is 11.6. The van der Waals surface area contributed by atoms with Crippen LogP contribution in [0.1, 0.15) is 0 Å². The predicted octanol–water partition coefficient (Wildman–Crippen LogP) is -5.06. The average Bonchev–Trinajstić information content (AvgIpc) is 2.89. The lowest BCUT2D eigenvalue weighted by molar-refractivity contribution is -0.178. The number of hydrogen-bond acceptors (Lipinski definition) is 13. The van der Waals surface area contributed by atoms with E-state index >= 15 is 0 Å². The van der Waals surface area contributed by atoms with Gasteiger partial charge in [-0.1, -0.05) is 0 Å². The van der Waals surface area contributed by atoms with E-state index in [1.54, 1.807) is 0 Å². The number of carbonyl (C=O) groups excluding carboxylic acids is 2. The summed E-state index contributed by atoms with van der Waals surface area (Å²) in [4.78, 5) is 22.6. The Morgan fingerprint density at radius 3 is 2.08 bits per heavy atom. The fraction of sp³-hybridized carbons (Fsp3) is 0.692. The van der Waals surface area contributed by atoms with Gasteiger partial charge in [0.1, 0.15) is 37.1 Å². The van der Waals surface area contributed by atoms with Gasteiger partial charge in [0.15, 0.2) is 18.0 Å². The van der Waals surface area contributed by atoms with Crippen LogP contribution in [0.3, 0.4) is 0 Å². The van der Waals surface area contributed by atoms with Gasteiger partial charge in [-0.05, 0) is 0 Å². The third-order valence-corrected chi connectivity index (χ3v) is 3.53. The molecule has 0 aromatic rings. The fourth-order valence-electron chi connectivity index (χ4n) is 1.93. The molecule has 7 atom stereocenters. The molecule has 0 aromatic heterocycles. The topological polar surface area (TPSA) is 235 Å². The molecule has 13 nitrogen and oxygen atoms in total. The maximum absolute atomic E-state index is 11.6. The molecule has 150 valence electrons. The molecular formula is C13H20O13. The maximum Gasteiger partial charge on any atom is 0.377 e. The minimum atomic E-state index is -2.42. The van der Waals surface area contributed by atoms with Crippen molar-refractivity contribution in [1.82, 2.24) is 0 Å². The molecule has 1 aliphatic heterocycles. The van der Waals surface area contributed by atoms with E-state index in [1.165, 1.54) is 0 Å². The van der Waals surface area contributed by atoms with Crippen LogP contribution in [0, 0.1) is 0 Å². The first-order valence-electron chi connectivity index (χ1n) is 7.21. The number of aliphatic hydroxyl groups excluding tert-OH is 9. The quantitative estimate of drug-likeness (QED) is 0.169. The third kappa shape index (κ3) is 4.79. The summed E-state index contributed by atoms with van der Waals surface area (Å²) in [7, 11) is 0. The van der Waals surface area contributed by atoms with E-state index < -0.39 is 79.4 Å². The van der Waals surface area contributed by atoms with Gasteiger partial charge >= 0.3 is 11.9 Å². The Balaban J connectivity index is 2.58. The van der Waals surface area contributed by atoms with Crippen LogP contribution in [0.4, 0.5) is 0 Å². The number of cyclic esters (lactones) is 1. The summed E-state index contributed by atoms with van der Waals surface area (Å²) >= 11 is 0. The van der Waals surface area contributed by atoms with E-state index in [1.807, 2.05) is 0 Å². The molecule has 1 aliphatic rings. The smallest absolute Gasteiger partial charge is 0.377 e. The van der Waals surface area contributed by atoms with Crippen molar-refractivity contribution in [2.45, 2.75) is 42.7 Å². The molecule has 9 N–H and O–H groups in total. The minimum Gasteiger partial charge on any atom is -0.505 e. The molecule has 13 heteroatoms. The van der Waals surface area contributed by atoms with Crippen molar-refractivity contribution in [2.24, 2.45) is 0 Å². The summed E-state index contributed by atoms with van der Waals surface area (Å²) in [5.74, 6) is -5.00. The zero-order valence-electron chi connectivity index (χ0n) is 13.1. The highest BCUT2D eigenvalue weighted by molar-refractivity contribution is 5.89. The first-order valence-corrected chi connectivity index (χ1v) is 7.21. The van der Waals surface area contributed by atoms with Crippen molar-refractivity contribution in [1.29, 1.82) is 0 Å². The Kier molecular flexibility index (Phi) is 7.70. The van der Waals surface area contributed by atoms with Crippen LogP contribution in [0.2, 0.25) is 0 Å². The van der Waals surface area contributed by atoms with E-state index in [4.69, 9.17) is 15.3 Å². The first-order chi connectivity index (χ1) is 12.0. The molecule has 0 spiro atoms. The van der Waals surface area contributed by atoms with E-state index in [-0.39, 0.29) is 0 Å². The van der Waals surface area contributed by atoms with Crippen molar-refractivity contribution in [2.75, 3.05) is 13.2 Å². The Morgan fingerprint density at radius 1 is 1.04 bits per heavy atom. The Labute approximate surface area is 145 Å². The molecular weight excluding hydrogens is 364 g/mol. The summed E-state index contributed by atoms with van der Waals surface area (Å²) in [5, 5.41) is 84.0. The summed E-state index contributed by atoms with van der Waals surface area (Å²) in [6.45, 7) is -1.92. The van der Waals surface area contributed by atoms with E-state index in [2.05, 4.69) is 9.47 Å². The number of esters is 2. The lowest BCUT2D eigenvalue weighted by Crippen LogP contribution is -2.52. The summed E-state index contributed by atoms with van der Waals surface area (Å²) in [6, 6.07) is 0. The van der Waals surface area contributed by atoms with Gasteiger partial charge < -0.3 is 55.4 Å². The molecule has 0 aromatic carbocycles.